The molecule has 0 aromatic heterocycles. The van der Waals surface area contributed by atoms with Crippen molar-refractivity contribution in [2.75, 3.05) is 11.1 Å². The molecule has 0 bridgehead atoms. The molecule has 0 aliphatic carbocycles. The summed E-state index contributed by atoms with van der Waals surface area (Å²) in [7, 11) is 0. The van der Waals surface area contributed by atoms with Gasteiger partial charge < -0.3 is 11.1 Å². The molecule has 0 saturated carbocycles. The van der Waals surface area contributed by atoms with E-state index in [9.17, 15) is 31.1 Å². The average Bonchev–Trinajstić information content (AvgIpc) is 2.57. The summed E-state index contributed by atoms with van der Waals surface area (Å²) in [4.78, 5) is 12.3. The molecular formula is C17H11Cl3F6N2O. The van der Waals surface area contributed by atoms with Crippen molar-refractivity contribution < 1.29 is 31.1 Å². The van der Waals surface area contributed by atoms with E-state index in [2.05, 4.69) is 5.32 Å². The number of nitrogens with two attached hydrogens (primary N) is 1. The molecule has 0 fully saturated rings. The quantitative estimate of drug-likeness (QED) is 0.372. The molecule has 1 atom stereocenters. The van der Waals surface area contributed by atoms with Crippen LogP contribution in [0.1, 0.15) is 22.8 Å². The number of hydrogen-bond donors (Lipinski definition) is 2. The van der Waals surface area contributed by atoms with Crippen LogP contribution in [-0.2, 0) is 5.67 Å². The van der Waals surface area contributed by atoms with Crippen molar-refractivity contribution in [1.29, 1.82) is 0 Å². The number of carbonyl (C=O) groups is 1. The summed E-state index contributed by atoms with van der Waals surface area (Å²) in [6.07, 6.45) is -5.97. The first-order valence-electron chi connectivity index (χ1n) is 7.59. The second-order valence-corrected chi connectivity index (χ2v) is 7.27. The van der Waals surface area contributed by atoms with Crippen molar-refractivity contribution in [2.45, 2.75) is 24.7 Å². The van der Waals surface area contributed by atoms with Crippen LogP contribution >= 0.6 is 34.8 Å². The molecule has 158 valence electrons. The van der Waals surface area contributed by atoms with E-state index in [0.29, 0.717) is 12.1 Å². The summed E-state index contributed by atoms with van der Waals surface area (Å²) >= 11 is 17.4. The maximum atomic E-state index is 14.5. The van der Waals surface area contributed by atoms with Gasteiger partial charge in [-0.15, -0.1) is 0 Å². The Bertz CT molecular complexity index is 922. The second-order valence-electron chi connectivity index (χ2n) is 6.05. The first kappa shape index (κ1) is 23.4. The molecule has 12 heteroatoms. The predicted molar refractivity (Wildman–Crippen MR) is 99.7 cm³/mol. The number of hydrogen-bond acceptors (Lipinski definition) is 2. The van der Waals surface area contributed by atoms with E-state index in [1.54, 1.807) is 0 Å². The summed E-state index contributed by atoms with van der Waals surface area (Å²) in [5.74, 6) is -5.67. The van der Waals surface area contributed by atoms with Gasteiger partial charge in [0.25, 0.3) is 17.5 Å². The van der Waals surface area contributed by atoms with Crippen LogP contribution in [0.15, 0.2) is 30.3 Å². The van der Waals surface area contributed by atoms with Gasteiger partial charge in [-0.3, -0.25) is 4.79 Å². The summed E-state index contributed by atoms with van der Waals surface area (Å²) in [5.41, 5.74) is -1.26. The highest BCUT2D eigenvalue weighted by molar-refractivity contribution is 6.40. The van der Waals surface area contributed by atoms with Gasteiger partial charge in [0.05, 0.1) is 26.4 Å². The third kappa shape index (κ3) is 4.36. The zero-order chi connectivity index (χ0) is 22.4. The fourth-order valence-electron chi connectivity index (χ4n) is 2.41. The van der Waals surface area contributed by atoms with Gasteiger partial charge in [-0.2, -0.15) is 13.2 Å². The van der Waals surface area contributed by atoms with Crippen LogP contribution in [0.2, 0.25) is 15.1 Å². The molecule has 0 aliphatic heterocycles. The molecule has 2 aromatic carbocycles. The zero-order valence-electron chi connectivity index (χ0n) is 14.3. The minimum atomic E-state index is -5.97. The molecule has 3 N–H and O–H groups in total. The highest BCUT2D eigenvalue weighted by Gasteiger charge is 2.70. The van der Waals surface area contributed by atoms with Gasteiger partial charge in [0.1, 0.15) is 0 Å². The van der Waals surface area contributed by atoms with Gasteiger partial charge in [0.15, 0.2) is 0 Å². The zero-order valence-corrected chi connectivity index (χ0v) is 16.5. The van der Waals surface area contributed by atoms with Gasteiger partial charge in [0, 0.05) is 18.1 Å². The summed E-state index contributed by atoms with van der Waals surface area (Å²) in [6, 6.07) is 4.47. The average molecular weight is 480 g/mol. The van der Waals surface area contributed by atoms with E-state index in [4.69, 9.17) is 40.5 Å². The molecule has 0 radical (unpaired) electrons. The number of carbonyl (C=O) groups excluding carboxylic acids is 1. The van der Waals surface area contributed by atoms with Crippen LogP contribution in [0, 0.1) is 0 Å². The monoisotopic (exact) mass is 478 g/mol. The molecule has 0 heterocycles. The Morgan fingerprint density at radius 3 is 1.86 bits per heavy atom. The number of nitrogens with one attached hydrogen (secondary N) is 1. The number of halogens is 9. The highest BCUT2D eigenvalue weighted by atomic mass is 35.5. The Morgan fingerprint density at radius 2 is 1.45 bits per heavy atom. The van der Waals surface area contributed by atoms with E-state index in [0.717, 1.165) is 0 Å². The smallest absolute Gasteiger partial charge is 0.398 e. The Labute approximate surface area is 175 Å². The fourth-order valence-corrected chi connectivity index (χ4v) is 3.17. The van der Waals surface area contributed by atoms with Gasteiger partial charge in [-0.25, -0.2) is 13.2 Å². The van der Waals surface area contributed by atoms with Crippen LogP contribution in [-0.4, -0.2) is 18.0 Å². The lowest BCUT2D eigenvalue weighted by atomic mass is 9.89. The van der Waals surface area contributed by atoms with Crippen molar-refractivity contribution >= 4 is 52.1 Å². The van der Waals surface area contributed by atoms with Crippen molar-refractivity contribution in [3.05, 3.63) is 56.5 Å². The Hall–Kier alpha value is -1.84. The number of anilines is 2. The second kappa shape index (κ2) is 7.77. The lowest BCUT2D eigenvalue weighted by molar-refractivity contribution is -0.304. The highest BCUT2D eigenvalue weighted by Crippen LogP contribution is 2.53. The molecule has 2 aromatic rings. The number of nitrogen functional groups attached to an aromatic ring is 1. The Balaban J connectivity index is 2.48. The first-order chi connectivity index (χ1) is 13.1. The van der Waals surface area contributed by atoms with Crippen LogP contribution in [0.4, 0.5) is 37.7 Å². The standard InChI is InChI=1S/C17H11Cl3F6N2O/c1-15(21,22)16(23,17(24,25)26)8-5-10(19)13(11(20)6-8)28-14(29)7-2-3-12(27)9(18)4-7/h2-6H,27H2,1H3,(H,28,29). The van der Waals surface area contributed by atoms with Crippen LogP contribution < -0.4 is 11.1 Å². The molecule has 0 saturated heterocycles. The third-order valence-electron chi connectivity index (χ3n) is 3.94. The van der Waals surface area contributed by atoms with E-state index >= 15 is 0 Å². The lowest BCUT2D eigenvalue weighted by Crippen LogP contribution is -2.51. The van der Waals surface area contributed by atoms with Crippen molar-refractivity contribution in [2.24, 2.45) is 0 Å². The van der Waals surface area contributed by atoms with Crippen molar-refractivity contribution in [3.63, 3.8) is 0 Å². The molecule has 3 nitrogen and oxygen atoms in total. The molecule has 29 heavy (non-hydrogen) atoms. The van der Waals surface area contributed by atoms with Crippen molar-refractivity contribution in [1.82, 2.24) is 0 Å². The number of alkyl halides is 6. The summed E-state index contributed by atoms with van der Waals surface area (Å²) in [5, 5.41) is 0.897. The SMILES string of the molecule is CC(F)(F)C(F)(c1cc(Cl)c(NC(=O)c2ccc(N)c(Cl)c2)c(Cl)c1)C(F)(F)F. The van der Waals surface area contributed by atoms with Crippen LogP contribution in [0.5, 0.6) is 0 Å². The summed E-state index contributed by atoms with van der Waals surface area (Å²) < 4.78 is 81.0. The van der Waals surface area contributed by atoms with Crippen molar-refractivity contribution in [3.8, 4) is 0 Å². The van der Waals surface area contributed by atoms with Gasteiger partial charge in [-0.05, 0) is 30.3 Å². The Morgan fingerprint density at radius 1 is 0.931 bits per heavy atom. The molecule has 1 amide bonds. The lowest BCUT2D eigenvalue weighted by Gasteiger charge is -2.33. The minimum absolute atomic E-state index is 0.00405. The predicted octanol–water partition coefficient (Wildman–Crippen LogP) is 6.86. The van der Waals surface area contributed by atoms with Gasteiger partial charge in [-0.1, -0.05) is 34.8 Å². The van der Waals surface area contributed by atoms with E-state index in [-0.39, 0.29) is 23.2 Å². The maximum Gasteiger partial charge on any atom is 0.432 e. The van der Waals surface area contributed by atoms with E-state index in [1.807, 2.05) is 0 Å². The largest absolute Gasteiger partial charge is 0.432 e. The van der Waals surface area contributed by atoms with Crippen LogP contribution in [0.3, 0.4) is 0 Å². The topological polar surface area (TPSA) is 55.1 Å². The van der Waals surface area contributed by atoms with Gasteiger partial charge >= 0.3 is 6.18 Å². The normalized spacial score (nSPS) is 14.4. The number of benzene rings is 2. The molecular weight excluding hydrogens is 469 g/mol. The first-order valence-corrected chi connectivity index (χ1v) is 8.72. The minimum Gasteiger partial charge on any atom is -0.398 e. The molecule has 1 unspecified atom stereocenters. The van der Waals surface area contributed by atoms with Gasteiger partial charge in [0.2, 0.25) is 0 Å². The molecule has 2 rings (SSSR count). The van der Waals surface area contributed by atoms with Crippen LogP contribution in [0.25, 0.3) is 0 Å². The van der Waals surface area contributed by atoms with E-state index in [1.165, 1.54) is 18.2 Å². The fraction of sp³-hybridized carbons (Fsp3) is 0.235. The molecule has 0 spiro atoms. The number of rotatable bonds is 4. The number of amides is 1. The van der Waals surface area contributed by atoms with E-state index < -0.39 is 45.0 Å². The summed E-state index contributed by atoms with van der Waals surface area (Å²) in [6.45, 7) is -0.219. The maximum absolute atomic E-state index is 14.5. The Kier molecular flexibility index (Phi) is 6.28. The third-order valence-corrected chi connectivity index (χ3v) is 4.86. The molecule has 0 aliphatic rings.